The predicted octanol–water partition coefficient (Wildman–Crippen LogP) is 2.42. The second kappa shape index (κ2) is 7.16. The van der Waals surface area contributed by atoms with Gasteiger partial charge < -0.3 is 14.2 Å². The van der Waals surface area contributed by atoms with Crippen molar-refractivity contribution in [3.8, 4) is 17.2 Å². The molecule has 0 aromatic heterocycles. The molecule has 1 aliphatic heterocycles. The molecule has 3 rings (SSSR count). The summed E-state index contributed by atoms with van der Waals surface area (Å²) in [4.78, 5) is 0.185. The fraction of sp³-hybridized carbons (Fsp3) is 0.250. The largest absolute Gasteiger partial charge is 0.496 e. The zero-order valence-electron chi connectivity index (χ0n) is 12.9. The van der Waals surface area contributed by atoms with Crippen molar-refractivity contribution in [2.24, 2.45) is 0 Å². The van der Waals surface area contributed by atoms with Gasteiger partial charge in [0.05, 0.1) is 22.1 Å². The maximum atomic E-state index is 12.4. The molecule has 1 heterocycles. The van der Waals surface area contributed by atoms with Crippen LogP contribution in [0.15, 0.2) is 47.4 Å². The lowest BCUT2D eigenvalue weighted by Crippen LogP contribution is -2.40. The third-order valence-corrected chi connectivity index (χ3v) is 5.77. The van der Waals surface area contributed by atoms with Gasteiger partial charge in [0.15, 0.2) is 11.5 Å². The summed E-state index contributed by atoms with van der Waals surface area (Å²) >= 11 is 2.04. The molecule has 0 spiro atoms. The van der Waals surface area contributed by atoms with Gasteiger partial charge in [0.1, 0.15) is 18.5 Å². The maximum absolute atomic E-state index is 12.4. The Bertz CT molecular complexity index is 840. The average molecular weight is 461 g/mol. The number of benzene rings is 2. The second-order valence-corrected chi connectivity index (χ2v) is 8.07. The molecule has 6 nitrogen and oxygen atoms in total. The molecule has 2 aromatic rings. The van der Waals surface area contributed by atoms with E-state index in [4.69, 9.17) is 14.2 Å². The first-order chi connectivity index (χ1) is 11.5. The van der Waals surface area contributed by atoms with E-state index in [1.54, 1.807) is 25.3 Å². The molecule has 1 aliphatic rings. The van der Waals surface area contributed by atoms with Crippen LogP contribution in [0.25, 0.3) is 0 Å². The van der Waals surface area contributed by atoms with Crippen molar-refractivity contribution in [3.05, 3.63) is 46.0 Å². The molecule has 0 unspecified atom stereocenters. The lowest BCUT2D eigenvalue weighted by atomic mass is 10.2. The molecular weight excluding hydrogens is 445 g/mol. The summed E-state index contributed by atoms with van der Waals surface area (Å²) in [5.74, 6) is 1.92. The lowest BCUT2D eigenvalue weighted by Gasteiger charge is -2.26. The molecule has 0 amide bonds. The SMILES string of the molecule is COc1ccc(S(=O)(=O)NC[C@@H]2COc3ccccc3O2)cc1I. The first-order valence-electron chi connectivity index (χ1n) is 7.21. The predicted molar refractivity (Wildman–Crippen MR) is 97.3 cm³/mol. The highest BCUT2D eigenvalue weighted by atomic mass is 127. The van der Waals surface area contributed by atoms with Crippen LogP contribution in [-0.4, -0.2) is 34.8 Å². The monoisotopic (exact) mass is 461 g/mol. The summed E-state index contributed by atoms with van der Waals surface area (Å²) in [5, 5.41) is 0. The topological polar surface area (TPSA) is 73.9 Å². The summed E-state index contributed by atoms with van der Waals surface area (Å²) in [6.45, 7) is 0.416. The van der Waals surface area contributed by atoms with E-state index in [9.17, 15) is 8.42 Å². The van der Waals surface area contributed by atoms with Gasteiger partial charge in [-0.05, 0) is 52.9 Å². The fourth-order valence-electron chi connectivity index (χ4n) is 2.26. The van der Waals surface area contributed by atoms with Gasteiger partial charge >= 0.3 is 0 Å². The zero-order chi connectivity index (χ0) is 17.2. The summed E-state index contributed by atoms with van der Waals surface area (Å²) in [7, 11) is -2.09. The second-order valence-electron chi connectivity index (χ2n) is 5.15. The summed E-state index contributed by atoms with van der Waals surface area (Å²) in [6, 6.07) is 12.0. The number of rotatable bonds is 5. The minimum absolute atomic E-state index is 0.124. The Hall–Kier alpha value is -1.52. The molecular formula is C16H16INO5S. The van der Waals surface area contributed by atoms with Crippen molar-refractivity contribution in [2.45, 2.75) is 11.0 Å². The highest BCUT2D eigenvalue weighted by Crippen LogP contribution is 2.30. The number of fused-ring (bicyclic) bond motifs is 1. The van der Waals surface area contributed by atoms with Crippen LogP contribution >= 0.6 is 22.6 Å². The molecule has 0 saturated carbocycles. The number of hydrogen-bond acceptors (Lipinski definition) is 5. The van der Waals surface area contributed by atoms with Crippen molar-refractivity contribution in [1.29, 1.82) is 0 Å². The average Bonchev–Trinajstić information content (AvgIpc) is 2.60. The Morgan fingerprint density at radius 2 is 2.00 bits per heavy atom. The minimum Gasteiger partial charge on any atom is -0.496 e. The van der Waals surface area contributed by atoms with Crippen molar-refractivity contribution in [1.82, 2.24) is 4.72 Å². The molecule has 0 bridgehead atoms. The molecule has 2 aromatic carbocycles. The fourth-order valence-corrected chi connectivity index (χ4v) is 4.30. The number of hydrogen-bond donors (Lipinski definition) is 1. The number of methoxy groups -OCH3 is 1. The molecule has 0 saturated heterocycles. The van der Waals surface area contributed by atoms with Gasteiger partial charge in [-0.25, -0.2) is 13.1 Å². The van der Waals surface area contributed by atoms with E-state index in [1.807, 2.05) is 40.8 Å². The Kier molecular flexibility index (Phi) is 5.16. The van der Waals surface area contributed by atoms with Crippen molar-refractivity contribution < 1.29 is 22.6 Å². The van der Waals surface area contributed by atoms with Crippen LogP contribution < -0.4 is 18.9 Å². The molecule has 1 N–H and O–H groups in total. The van der Waals surface area contributed by atoms with Gasteiger partial charge in [0.2, 0.25) is 10.0 Å². The summed E-state index contributed by atoms with van der Waals surface area (Å²) in [6.07, 6.45) is -0.382. The van der Waals surface area contributed by atoms with E-state index in [-0.39, 0.29) is 17.5 Å². The van der Waals surface area contributed by atoms with Crippen LogP contribution in [0.5, 0.6) is 17.2 Å². The number of nitrogens with one attached hydrogen (secondary N) is 1. The third kappa shape index (κ3) is 3.76. The van der Waals surface area contributed by atoms with Gasteiger partial charge in [-0.15, -0.1) is 0 Å². The molecule has 128 valence electrons. The van der Waals surface area contributed by atoms with Crippen LogP contribution in [0.3, 0.4) is 0 Å². The maximum Gasteiger partial charge on any atom is 0.240 e. The first kappa shape index (κ1) is 17.3. The third-order valence-electron chi connectivity index (χ3n) is 3.50. The zero-order valence-corrected chi connectivity index (χ0v) is 15.8. The van der Waals surface area contributed by atoms with Crippen molar-refractivity contribution in [3.63, 3.8) is 0 Å². The summed E-state index contributed by atoms with van der Waals surface area (Å²) in [5.41, 5.74) is 0. The Balaban J connectivity index is 1.67. The number of halogens is 1. The van der Waals surface area contributed by atoms with E-state index in [2.05, 4.69) is 4.72 Å². The van der Waals surface area contributed by atoms with E-state index in [0.29, 0.717) is 23.9 Å². The van der Waals surface area contributed by atoms with Gasteiger partial charge in [-0.2, -0.15) is 0 Å². The highest BCUT2D eigenvalue weighted by molar-refractivity contribution is 14.1. The van der Waals surface area contributed by atoms with Crippen LogP contribution in [0.4, 0.5) is 0 Å². The van der Waals surface area contributed by atoms with E-state index < -0.39 is 10.0 Å². The smallest absolute Gasteiger partial charge is 0.240 e. The number of para-hydroxylation sites is 2. The van der Waals surface area contributed by atoms with E-state index in [1.165, 1.54) is 6.07 Å². The Morgan fingerprint density at radius 1 is 1.25 bits per heavy atom. The molecule has 0 aliphatic carbocycles. The molecule has 0 fully saturated rings. The quantitative estimate of drug-likeness (QED) is 0.693. The highest BCUT2D eigenvalue weighted by Gasteiger charge is 2.23. The number of ether oxygens (including phenoxy) is 3. The van der Waals surface area contributed by atoms with Crippen molar-refractivity contribution >= 4 is 32.6 Å². The Labute approximate surface area is 154 Å². The normalized spacial score (nSPS) is 16.7. The Morgan fingerprint density at radius 3 is 2.71 bits per heavy atom. The molecule has 8 heteroatoms. The van der Waals surface area contributed by atoms with Crippen LogP contribution in [0, 0.1) is 3.57 Å². The van der Waals surface area contributed by atoms with Crippen LogP contribution in [0.1, 0.15) is 0 Å². The summed E-state index contributed by atoms with van der Waals surface area (Å²) < 4.78 is 44.6. The van der Waals surface area contributed by atoms with E-state index in [0.717, 1.165) is 3.57 Å². The number of sulfonamides is 1. The molecule has 1 atom stereocenters. The minimum atomic E-state index is -3.63. The van der Waals surface area contributed by atoms with Crippen LogP contribution in [0.2, 0.25) is 0 Å². The van der Waals surface area contributed by atoms with Gasteiger partial charge in [0.25, 0.3) is 0 Å². The van der Waals surface area contributed by atoms with Crippen LogP contribution in [-0.2, 0) is 10.0 Å². The van der Waals surface area contributed by atoms with Gasteiger partial charge in [-0.3, -0.25) is 0 Å². The standard InChI is InChI=1S/C16H16INO5S/c1-21-14-7-6-12(8-13(14)17)24(19,20)18-9-11-10-22-15-4-2-3-5-16(15)23-11/h2-8,11,18H,9-10H2,1H3/t11-/m1/s1. The van der Waals surface area contributed by atoms with Gasteiger partial charge in [0, 0.05) is 0 Å². The lowest BCUT2D eigenvalue weighted by molar-refractivity contribution is 0.0943. The van der Waals surface area contributed by atoms with Gasteiger partial charge in [-0.1, -0.05) is 12.1 Å². The molecule has 0 radical (unpaired) electrons. The first-order valence-corrected chi connectivity index (χ1v) is 9.77. The van der Waals surface area contributed by atoms with Crippen molar-refractivity contribution in [2.75, 3.05) is 20.3 Å². The van der Waals surface area contributed by atoms with E-state index >= 15 is 0 Å². The molecule has 24 heavy (non-hydrogen) atoms.